The molecule has 1 aliphatic heterocycles. The molecule has 0 aliphatic carbocycles. The van der Waals surface area contributed by atoms with E-state index in [1.54, 1.807) is 6.92 Å². The SMILES string of the molecule is C=C(C)C(=O)OC1(c2ccccc2)c2ccccc2Oc2ccccc21. The monoisotopic (exact) mass is 342 g/mol. The highest BCUT2D eigenvalue weighted by Gasteiger charge is 2.47. The van der Waals surface area contributed by atoms with Gasteiger partial charge < -0.3 is 9.47 Å². The summed E-state index contributed by atoms with van der Waals surface area (Å²) in [7, 11) is 0. The summed E-state index contributed by atoms with van der Waals surface area (Å²) < 4.78 is 12.2. The molecule has 0 aromatic heterocycles. The van der Waals surface area contributed by atoms with E-state index in [1.807, 2.05) is 78.9 Å². The van der Waals surface area contributed by atoms with E-state index in [0.717, 1.165) is 16.7 Å². The highest BCUT2D eigenvalue weighted by molar-refractivity contribution is 5.88. The second-order valence-electron chi connectivity index (χ2n) is 6.31. The van der Waals surface area contributed by atoms with Gasteiger partial charge in [0.2, 0.25) is 0 Å². The third-order valence-corrected chi connectivity index (χ3v) is 4.53. The Morgan fingerprint density at radius 3 is 1.88 bits per heavy atom. The van der Waals surface area contributed by atoms with Crippen LogP contribution in [-0.4, -0.2) is 5.97 Å². The van der Waals surface area contributed by atoms with Gasteiger partial charge in [0.05, 0.1) is 0 Å². The maximum Gasteiger partial charge on any atom is 0.334 e. The summed E-state index contributed by atoms with van der Waals surface area (Å²) >= 11 is 0. The molecule has 0 N–H and O–H groups in total. The van der Waals surface area contributed by atoms with E-state index < -0.39 is 11.6 Å². The number of hydrogen-bond acceptors (Lipinski definition) is 3. The molecule has 4 rings (SSSR count). The summed E-state index contributed by atoms with van der Waals surface area (Å²) in [6, 6.07) is 25.0. The molecule has 0 spiro atoms. The molecule has 3 nitrogen and oxygen atoms in total. The van der Waals surface area contributed by atoms with E-state index in [4.69, 9.17) is 9.47 Å². The first-order valence-electron chi connectivity index (χ1n) is 8.44. The van der Waals surface area contributed by atoms with Crippen LogP contribution in [0.15, 0.2) is 91.0 Å². The van der Waals surface area contributed by atoms with E-state index in [2.05, 4.69) is 6.58 Å². The lowest BCUT2D eigenvalue weighted by atomic mass is 9.77. The molecular weight excluding hydrogens is 324 g/mol. The Labute approximate surface area is 152 Å². The second-order valence-corrected chi connectivity index (χ2v) is 6.31. The fourth-order valence-electron chi connectivity index (χ4n) is 3.34. The minimum atomic E-state index is -1.09. The van der Waals surface area contributed by atoms with Crippen LogP contribution in [-0.2, 0) is 15.1 Å². The van der Waals surface area contributed by atoms with Crippen LogP contribution in [0.3, 0.4) is 0 Å². The van der Waals surface area contributed by atoms with Crippen LogP contribution in [0.4, 0.5) is 0 Å². The molecule has 0 bridgehead atoms. The van der Waals surface area contributed by atoms with Crippen molar-refractivity contribution in [3.05, 3.63) is 108 Å². The molecule has 0 unspecified atom stereocenters. The Bertz CT molecular complexity index is 944. The first-order chi connectivity index (χ1) is 12.6. The largest absolute Gasteiger partial charge is 0.456 e. The Morgan fingerprint density at radius 1 is 0.846 bits per heavy atom. The summed E-state index contributed by atoms with van der Waals surface area (Å²) in [6.07, 6.45) is 0. The minimum absolute atomic E-state index is 0.349. The Balaban J connectivity index is 2.07. The van der Waals surface area contributed by atoms with Gasteiger partial charge in [0.1, 0.15) is 11.5 Å². The van der Waals surface area contributed by atoms with Gasteiger partial charge in [-0.1, -0.05) is 73.3 Å². The zero-order chi connectivity index (χ0) is 18.1. The van der Waals surface area contributed by atoms with E-state index in [9.17, 15) is 4.79 Å². The van der Waals surface area contributed by atoms with Gasteiger partial charge in [-0.2, -0.15) is 0 Å². The van der Waals surface area contributed by atoms with Gasteiger partial charge in [0.25, 0.3) is 0 Å². The van der Waals surface area contributed by atoms with Gasteiger partial charge in [-0.3, -0.25) is 0 Å². The predicted molar refractivity (Wildman–Crippen MR) is 100 cm³/mol. The van der Waals surface area contributed by atoms with Crippen molar-refractivity contribution in [1.82, 2.24) is 0 Å². The van der Waals surface area contributed by atoms with Crippen molar-refractivity contribution >= 4 is 5.97 Å². The quantitative estimate of drug-likeness (QED) is 0.484. The average molecular weight is 342 g/mol. The van der Waals surface area contributed by atoms with E-state index in [-0.39, 0.29) is 0 Å². The Hall–Kier alpha value is -3.33. The van der Waals surface area contributed by atoms with Gasteiger partial charge in [-0.05, 0) is 19.1 Å². The maximum atomic E-state index is 12.6. The number of ether oxygens (including phenoxy) is 2. The molecular formula is C23H18O3. The highest BCUT2D eigenvalue weighted by Crippen LogP contribution is 2.52. The van der Waals surface area contributed by atoms with Crippen LogP contribution in [0.1, 0.15) is 23.6 Å². The zero-order valence-corrected chi connectivity index (χ0v) is 14.4. The van der Waals surface area contributed by atoms with Crippen LogP contribution in [0, 0.1) is 0 Å². The van der Waals surface area contributed by atoms with Crippen molar-refractivity contribution in [2.24, 2.45) is 0 Å². The number of rotatable bonds is 3. The zero-order valence-electron chi connectivity index (χ0n) is 14.4. The predicted octanol–water partition coefficient (Wildman–Crippen LogP) is 5.20. The highest BCUT2D eigenvalue weighted by atomic mass is 16.6. The van der Waals surface area contributed by atoms with Crippen LogP contribution in [0.5, 0.6) is 11.5 Å². The van der Waals surface area contributed by atoms with Gasteiger partial charge in [0, 0.05) is 22.3 Å². The summed E-state index contributed by atoms with van der Waals surface area (Å²) in [6.45, 7) is 5.40. The van der Waals surface area contributed by atoms with Crippen molar-refractivity contribution < 1.29 is 14.3 Å². The van der Waals surface area contributed by atoms with Crippen molar-refractivity contribution in [3.8, 4) is 11.5 Å². The molecule has 3 aromatic carbocycles. The molecule has 0 saturated carbocycles. The minimum Gasteiger partial charge on any atom is -0.456 e. The van der Waals surface area contributed by atoms with E-state index in [0.29, 0.717) is 17.1 Å². The second kappa shape index (κ2) is 6.19. The first-order valence-corrected chi connectivity index (χ1v) is 8.44. The number of carbonyl (C=O) groups is 1. The number of carbonyl (C=O) groups excluding carboxylic acids is 1. The molecule has 1 aliphatic rings. The molecule has 0 fully saturated rings. The van der Waals surface area contributed by atoms with Crippen LogP contribution in [0.25, 0.3) is 0 Å². The smallest absolute Gasteiger partial charge is 0.334 e. The third-order valence-electron chi connectivity index (χ3n) is 4.53. The van der Waals surface area contributed by atoms with Crippen LogP contribution in [0.2, 0.25) is 0 Å². The Kier molecular flexibility index (Phi) is 3.85. The molecule has 3 heteroatoms. The fraction of sp³-hybridized carbons (Fsp3) is 0.0870. The molecule has 3 aromatic rings. The van der Waals surface area contributed by atoms with Crippen LogP contribution < -0.4 is 4.74 Å². The number of hydrogen-bond donors (Lipinski definition) is 0. The van der Waals surface area contributed by atoms with Gasteiger partial charge in [-0.15, -0.1) is 0 Å². The summed E-state index contributed by atoms with van der Waals surface area (Å²) in [4.78, 5) is 12.6. The summed E-state index contributed by atoms with van der Waals surface area (Å²) in [5, 5.41) is 0. The Morgan fingerprint density at radius 2 is 1.35 bits per heavy atom. The molecule has 128 valence electrons. The van der Waals surface area contributed by atoms with Crippen molar-refractivity contribution in [2.75, 3.05) is 0 Å². The number of para-hydroxylation sites is 2. The van der Waals surface area contributed by atoms with Crippen molar-refractivity contribution in [3.63, 3.8) is 0 Å². The van der Waals surface area contributed by atoms with Crippen molar-refractivity contribution in [1.29, 1.82) is 0 Å². The van der Waals surface area contributed by atoms with Gasteiger partial charge >= 0.3 is 5.97 Å². The topological polar surface area (TPSA) is 35.5 Å². The summed E-state index contributed by atoms with van der Waals surface area (Å²) in [5.41, 5.74) is 1.70. The average Bonchev–Trinajstić information content (AvgIpc) is 2.68. The van der Waals surface area contributed by atoms with Crippen molar-refractivity contribution in [2.45, 2.75) is 12.5 Å². The number of fused-ring (bicyclic) bond motifs is 2. The fourth-order valence-corrected chi connectivity index (χ4v) is 3.34. The molecule has 0 radical (unpaired) electrons. The van der Waals surface area contributed by atoms with Gasteiger partial charge in [0.15, 0.2) is 5.60 Å². The number of esters is 1. The molecule has 1 heterocycles. The standard InChI is InChI=1S/C23H18O3/c1-16(2)22(24)26-23(17-10-4-3-5-11-17)18-12-6-8-14-20(18)25-21-15-9-7-13-19(21)23/h3-15H,1H2,2H3. The van der Waals surface area contributed by atoms with Crippen LogP contribution >= 0.6 is 0 Å². The lowest BCUT2D eigenvalue weighted by Crippen LogP contribution is -2.38. The summed E-state index contributed by atoms with van der Waals surface area (Å²) in [5.74, 6) is 0.898. The first kappa shape index (κ1) is 16.2. The maximum absolute atomic E-state index is 12.6. The normalized spacial score (nSPS) is 13.7. The lowest BCUT2D eigenvalue weighted by Gasteiger charge is -2.39. The van der Waals surface area contributed by atoms with E-state index in [1.165, 1.54) is 0 Å². The van der Waals surface area contributed by atoms with Gasteiger partial charge in [-0.25, -0.2) is 4.79 Å². The molecule has 26 heavy (non-hydrogen) atoms. The number of benzene rings is 3. The molecule has 0 saturated heterocycles. The molecule has 0 amide bonds. The van der Waals surface area contributed by atoms with E-state index >= 15 is 0 Å². The molecule has 0 atom stereocenters. The lowest BCUT2D eigenvalue weighted by molar-refractivity contribution is -0.148. The third kappa shape index (κ3) is 2.40.